The van der Waals surface area contributed by atoms with Crippen molar-refractivity contribution in [2.45, 2.75) is 0 Å². The van der Waals surface area contributed by atoms with Crippen LogP contribution in [-0.4, -0.2) is 5.71 Å². The van der Waals surface area contributed by atoms with E-state index in [1.165, 1.54) is 0 Å². The van der Waals surface area contributed by atoms with Gasteiger partial charge in [0.15, 0.2) is 0 Å². The summed E-state index contributed by atoms with van der Waals surface area (Å²) in [7, 11) is 0. The molecule has 0 bridgehead atoms. The molecule has 0 N–H and O–H groups in total. The Morgan fingerprint density at radius 2 is 1.11 bits per heavy atom. The van der Waals surface area contributed by atoms with Crippen LogP contribution in [0.25, 0.3) is 0 Å². The smallest absolute Gasteiger partial charge is 1.00 e. The molecule has 102 valence electrons. The van der Waals surface area contributed by atoms with Gasteiger partial charge in [-0.05, 0) is 35.4 Å². The Hall–Kier alpha value is -0.558. The molecule has 0 heterocycles. The van der Waals surface area contributed by atoms with E-state index in [4.69, 9.17) is 23.2 Å². The molecule has 2 nitrogen and oxygen atoms in total. The van der Waals surface area contributed by atoms with E-state index < -0.39 is 0 Å². The van der Waals surface area contributed by atoms with E-state index in [0.717, 1.165) is 11.1 Å². The number of hydrogen-bond donors (Lipinski definition) is 0. The van der Waals surface area contributed by atoms with Gasteiger partial charge in [0, 0.05) is 10.0 Å². The second-order valence-electron chi connectivity index (χ2n) is 3.45. The minimum absolute atomic E-state index is 0. The first-order chi connectivity index (χ1) is 8.20. The van der Waals surface area contributed by atoms with Crippen molar-refractivity contribution in [3.8, 4) is 0 Å². The molecule has 2 aromatic rings. The molecular formula is C13H8Cl3NOPd. The molecule has 0 aromatic heterocycles. The standard InChI is InChI=1S/C13H9Cl2NO.ClH.Pd/c14-11-5-1-9(2-6-11)13(16-17)10-3-7-12(15)8-4-10;;/h1-8,17H;1H;/q;;+2/p-2. The molecule has 2 aromatic carbocycles. The van der Waals surface area contributed by atoms with Crippen molar-refractivity contribution >= 4 is 28.9 Å². The molecule has 2 rings (SSSR count). The van der Waals surface area contributed by atoms with E-state index in [9.17, 15) is 5.21 Å². The zero-order valence-electron chi connectivity index (χ0n) is 9.42. The molecule has 0 aliphatic carbocycles. The van der Waals surface area contributed by atoms with Crippen LogP contribution in [0, 0.1) is 5.21 Å². The van der Waals surface area contributed by atoms with Gasteiger partial charge in [-0.1, -0.05) is 47.5 Å². The molecule has 0 spiro atoms. The minimum Gasteiger partial charge on any atom is -1.00 e. The van der Waals surface area contributed by atoms with Crippen molar-refractivity contribution in [1.29, 1.82) is 0 Å². The number of halogens is 3. The minimum atomic E-state index is 0. The topological polar surface area (TPSA) is 35.4 Å². The molecule has 0 fully saturated rings. The van der Waals surface area contributed by atoms with Gasteiger partial charge in [0.25, 0.3) is 0 Å². The quantitative estimate of drug-likeness (QED) is 0.421. The molecule has 0 aliphatic heterocycles. The third-order valence-electron chi connectivity index (χ3n) is 2.33. The zero-order valence-corrected chi connectivity index (χ0v) is 13.2. The van der Waals surface area contributed by atoms with Gasteiger partial charge in [0.05, 0.1) is 5.71 Å². The van der Waals surface area contributed by atoms with Crippen LogP contribution >= 0.6 is 23.2 Å². The molecule has 19 heavy (non-hydrogen) atoms. The second-order valence-corrected chi connectivity index (χ2v) is 4.33. The van der Waals surface area contributed by atoms with Crippen LogP contribution in [0.2, 0.25) is 10.0 Å². The Kier molecular flexibility index (Phi) is 8.33. The summed E-state index contributed by atoms with van der Waals surface area (Å²) >= 11 is 11.6. The number of hydrogen-bond acceptors (Lipinski definition) is 2. The third kappa shape index (κ3) is 4.80. The Labute approximate surface area is 141 Å². The van der Waals surface area contributed by atoms with Gasteiger partial charge in [0.2, 0.25) is 0 Å². The monoisotopic (exact) mass is 405 g/mol. The second kappa shape index (κ2) is 8.58. The van der Waals surface area contributed by atoms with Crippen LogP contribution < -0.4 is 12.4 Å². The van der Waals surface area contributed by atoms with Crippen LogP contribution in [0.4, 0.5) is 0 Å². The average molecular weight is 407 g/mol. The zero-order chi connectivity index (χ0) is 12.3. The molecule has 0 saturated carbocycles. The molecule has 0 radical (unpaired) electrons. The first-order valence-electron chi connectivity index (χ1n) is 4.93. The van der Waals surface area contributed by atoms with E-state index >= 15 is 0 Å². The average Bonchev–Trinajstić information content (AvgIpc) is 2.35. The maximum atomic E-state index is 10.9. The van der Waals surface area contributed by atoms with Crippen LogP contribution in [0.1, 0.15) is 11.1 Å². The van der Waals surface area contributed by atoms with Crippen LogP contribution in [0.5, 0.6) is 0 Å². The van der Waals surface area contributed by atoms with Gasteiger partial charge in [-0.25, -0.2) is 0 Å². The maximum Gasteiger partial charge on any atom is 2.00 e. The normalized spacial score (nSPS) is 8.95. The Morgan fingerprint density at radius 1 is 0.789 bits per heavy atom. The van der Waals surface area contributed by atoms with Gasteiger partial charge in [0.1, 0.15) is 0 Å². The van der Waals surface area contributed by atoms with Gasteiger partial charge in [-0.15, -0.1) is 0 Å². The summed E-state index contributed by atoms with van der Waals surface area (Å²) in [6.45, 7) is 0. The summed E-state index contributed by atoms with van der Waals surface area (Å²) in [5, 5.41) is 15.2. The van der Waals surface area contributed by atoms with E-state index in [2.05, 4.69) is 5.16 Å². The fourth-order valence-electron chi connectivity index (χ4n) is 1.49. The van der Waals surface area contributed by atoms with Gasteiger partial charge in [-0.3, -0.25) is 0 Å². The molecule has 0 amide bonds. The van der Waals surface area contributed by atoms with E-state index in [1.807, 2.05) is 0 Å². The first-order valence-corrected chi connectivity index (χ1v) is 5.68. The van der Waals surface area contributed by atoms with Gasteiger partial charge in [-0.2, -0.15) is 0 Å². The first kappa shape index (κ1) is 18.4. The van der Waals surface area contributed by atoms with E-state index in [-0.39, 0.29) is 32.8 Å². The SMILES string of the molecule is [Cl-].[O-]N=C(c1ccc(Cl)cc1)c1ccc(Cl)cc1.[Pd+2]. The summed E-state index contributed by atoms with van der Waals surface area (Å²) in [4.78, 5) is 0. The van der Waals surface area contributed by atoms with Gasteiger partial charge < -0.3 is 22.8 Å². The Morgan fingerprint density at radius 3 is 1.37 bits per heavy atom. The molecular weight excluding hydrogens is 399 g/mol. The predicted molar refractivity (Wildman–Crippen MR) is 71.9 cm³/mol. The molecule has 6 heteroatoms. The summed E-state index contributed by atoms with van der Waals surface area (Å²) in [5.41, 5.74) is 1.83. The van der Waals surface area contributed by atoms with Crippen molar-refractivity contribution in [3.63, 3.8) is 0 Å². The fourth-order valence-corrected chi connectivity index (χ4v) is 1.74. The summed E-state index contributed by atoms with van der Waals surface area (Å²) < 4.78 is 0. The Balaban J connectivity index is 0.00000162. The summed E-state index contributed by atoms with van der Waals surface area (Å²) in [6, 6.07) is 13.9. The summed E-state index contributed by atoms with van der Waals surface area (Å²) in [6.07, 6.45) is 0. The van der Waals surface area contributed by atoms with Crippen LogP contribution in [0.3, 0.4) is 0 Å². The van der Waals surface area contributed by atoms with E-state index in [0.29, 0.717) is 15.8 Å². The predicted octanol–water partition coefficient (Wildman–Crippen LogP) is 1.33. The molecule has 0 unspecified atom stereocenters. The molecule has 0 aliphatic rings. The third-order valence-corrected chi connectivity index (χ3v) is 2.83. The van der Waals surface area contributed by atoms with Crippen molar-refractivity contribution in [2.75, 3.05) is 0 Å². The van der Waals surface area contributed by atoms with Crippen molar-refractivity contribution in [2.24, 2.45) is 5.16 Å². The van der Waals surface area contributed by atoms with Crippen molar-refractivity contribution < 1.29 is 32.8 Å². The maximum absolute atomic E-state index is 10.9. The number of nitrogens with zero attached hydrogens (tertiary/aromatic N) is 1. The molecule has 0 atom stereocenters. The van der Waals surface area contributed by atoms with Crippen molar-refractivity contribution in [1.82, 2.24) is 0 Å². The molecule has 0 saturated heterocycles. The largest absolute Gasteiger partial charge is 2.00 e. The Bertz CT molecular complexity index is 493. The fraction of sp³-hybridized carbons (Fsp3) is 0. The van der Waals surface area contributed by atoms with Gasteiger partial charge >= 0.3 is 20.4 Å². The van der Waals surface area contributed by atoms with Crippen LogP contribution in [-0.2, 0) is 20.4 Å². The van der Waals surface area contributed by atoms with E-state index in [1.54, 1.807) is 48.5 Å². The van der Waals surface area contributed by atoms with Crippen LogP contribution in [0.15, 0.2) is 53.7 Å². The summed E-state index contributed by atoms with van der Waals surface area (Å²) in [5.74, 6) is 0. The number of rotatable bonds is 2. The number of benzene rings is 2. The van der Waals surface area contributed by atoms with Crippen molar-refractivity contribution in [3.05, 3.63) is 74.9 Å².